The van der Waals surface area contributed by atoms with Crippen molar-refractivity contribution in [2.75, 3.05) is 6.54 Å². The summed E-state index contributed by atoms with van der Waals surface area (Å²) >= 11 is 7.26. The predicted octanol–water partition coefficient (Wildman–Crippen LogP) is 2.52. The Balaban J connectivity index is 1.91. The minimum atomic E-state index is -3.32. The van der Waals surface area contributed by atoms with E-state index >= 15 is 0 Å². The molecule has 4 nitrogen and oxygen atoms in total. The topological polar surface area (TPSA) is 58.2 Å². The van der Waals surface area contributed by atoms with Crippen molar-refractivity contribution in [3.05, 3.63) is 21.3 Å². The van der Waals surface area contributed by atoms with E-state index < -0.39 is 15.3 Å². The van der Waals surface area contributed by atoms with Gasteiger partial charge in [0, 0.05) is 17.5 Å². The highest BCUT2D eigenvalue weighted by Gasteiger charge is 2.27. The lowest BCUT2D eigenvalue weighted by atomic mass is 10.3. The SMILES string of the molecule is CC(NS(=O)(=O)C(C)CNC1CC1)c1ccc(Cl)s1. The van der Waals surface area contributed by atoms with Crippen molar-refractivity contribution in [1.29, 1.82) is 0 Å². The molecule has 19 heavy (non-hydrogen) atoms. The fourth-order valence-electron chi connectivity index (χ4n) is 1.71. The van der Waals surface area contributed by atoms with Gasteiger partial charge in [-0.05, 0) is 38.8 Å². The summed E-state index contributed by atoms with van der Waals surface area (Å²) in [6, 6.07) is 3.91. The Bertz CT molecular complexity index is 526. The van der Waals surface area contributed by atoms with Crippen LogP contribution in [0.3, 0.4) is 0 Å². The van der Waals surface area contributed by atoms with Gasteiger partial charge in [0.2, 0.25) is 10.0 Å². The molecule has 0 radical (unpaired) electrons. The van der Waals surface area contributed by atoms with E-state index in [0.29, 0.717) is 16.9 Å². The Morgan fingerprint density at radius 1 is 1.42 bits per heavy atom. The lowest BCUT2D eigenvalue weighted by Crippen LogP contribution is -2.40. The highest BCUT2D eigenvalue weighted by atomic mass is 35.5. The van der Waals surface area contributed by atoms with Crippen molar-refractivity contribution < 1.29 is 8.42 Å². The van der Waals surface area contributed by atoms with Crippen LogP contribution < -0.4 is 10.0 Å². The Hall–Kier alpha value is -0.140. The zero-order valence-electron chi connectivity index (χ0n) is 11.0. The molecule has 1 aliphatic rings. The van der Waals surface area contributed by atoms with E-state index in [2.05, 4.69) is 10.0 Å². The van der Waals surface area contributed by atoms with Gasteiger partial charge in [0.15, 0.2) is 0 Å². The molecule has 1 aromatic heterocycles. The average molecular weight is 323 g/mol. The van der Waals surface area contributed by atoms with E-state index in [1.54, 1.807) is 13.0 Å². The van der Waals surface area contributed by atoms with E-state index in [9.17, 15) is 8.42 Å². The van der Waals surface area contributed by atoms with Gasteiger partial charge in [-0.1, -0.05) is 11.6 Å². The first-order valence-electron chi connectivity index (χ1n) is 6.38. The maximum absolute atomic E-state index is 12.2. The van der Waals surface area contributed by atoms with Gasteiger partial charge in [-0.25, -0.2) is 13.1 Å². The second kappa shape index (κ2) is 6.10. The standard InChI is InChI=1S/C12H19ClN2O2S2/c1-8(7-14-10-3-4-10)19(16,17)15-9(2)11-5-6-12(13)18-11/h5-6,8-10,14-15H,3-4,7H2,1-2H3. The van der Waals surface area contributed by atoms with Crippen LogP contribution in [0.1, 0.15) is 37.6 Å². The van der Waals surface area contributed by atoms with Crippen LogP contribution in [0.4, 0.5) is 0 Å². The Morgan fingerprint density at radius 2 is 2.11 bits per heavy atom. The number of nitrogens with one attached hydrogen (secondary N) is 2. The number of sulfonamides is 1. The molecule has 7 heteroatoms. The molecule has 2 unspecified atom stereocenters. The maximum Gasteiger partial charge on any atom is 0.216 e. The van der Waals surface area contributed by atoms with Gasteiger partial charge in [-0.3, -0.25) is 0 Å². The maximum atomic E-state index is 12.2. The van der Waals surface area contributed by atoms with Gasteiger partial charge in [-0.2, -0.15) is 0 Å². The predicted molar refractivity (Wildman–Crippen MR) is 80.3 cm³/mol. The van der Waals surface area contributed by atoms with Crippen LogP contribution in [-0.4, -0.2) is 26.3 Å². The molecule has 1 saturated carbocycles. The molecule has 1 fully saturated rings. The van der Waals surface area contributed by atoms with Crippen LogP contribution in [0.25, 0.3) is 0 Å². The third-order valence-electron chi connectivity index (χ3n) is 3.16. The van der Waals surface area contributed by atoms with Crippen LogP contribution in [0.15, 0.2) is 12.1 Å². The number of thiophene rings is 1. The van der Waals surface area contributed by atoms with E-state index in [1.165, 1.54) is 11.3 Å². The molecule has 1 aliphatic carbocycles. The van der Waals surface area contributed by atoms with Crippen molar-refractivity contribution in [2.45, 2.75) is 44.0 Å². The molecule has 0 spiro atoms. The van der Waals surface area contributed by atoms with Gasteiger partial charge in [0.05, 0.1) is 15.6 Å². The van der Waals surface area contributed by atoms with Crippen molar-refractivity contribution >= 4 is 33.0 Å². The van der Waals surface area contributed by atoms with E-state index in [4.69, 9.17) is 11.6 Å². The molecule has 0 amide bonds. The van der Waals surface area contributed by atoms with Crippen LogP contribution in [0.5, 0.6) is 0 Å². The quantitative estimate of drug-likeness (QED) is 0.811. The van der Waals surface area contributed by atoms with Crippen LogP contribution in [-0.2, 0) is 10.0 Å². The smallest absolute Gasteiger partial charge is 0.216 e. The molecule has 2 rings (SSSR count). The minimum absolute atomic E-state index is 0.245. The molecule has 0 bridgehead atoms. The van der Waals surface area contributed by atoms with E-state index in [-0.39, 0.29) is 6.04 Å². The second-order valence-corrected chi connectivity index (χ2v) is 8.90. The van der Waals surface area contributed by atoms with E-state index in [1.807, 2.05) is 13.0 Å². The molecule has 0 saturated heterocycles. The summed E-state index contributed by atoms with van der Waals surface area (Å²) in [5.41, 5.74) is 0. The highest BCUT2D eigenvalue weighted by Crippen LogP contribution is 2.27. The first-order chi connectivity index (χ1) is 8.88. The minimum Gasteiger partial charge on any atom is -0.313 e. The number of rotatable bonds is 7. The molecular weight excluding hydrogens is 304 g/mol. The highest BCUT2D eigenvalue weighted by molar-refractivity contribution is 7.90. The lowest BCUT2D eigenvalue weighted by Gasteiger charge is -2.18. The number of hydrogen-bond donors (Lipinski definition) is 2. The first-order valence-corrected chi connectivity index (χ1v) is 9.12. The lowest BCUT2D eigenvalue weighted by molar-refractivity contribution is 0.546. The van der Waals surface area contributed by atoms with Crippen LogP contribution >= 0.6 is 22.9 Å². The third-order valence-corrected chi connectivity index (χ3v) is 6.48. The number of halogens is 1. The van der Waals surface area contributed by atoms with E-state index in [0.717, 1.165) is 17.7 Å². The fourth-order valence-corrected chi connectivity index (χ4v) is 4.02. The summed E-state index contributed by atoms with van der Waals surface area (Å²) in [5.74, 6) is 0. The van der Waals surface area contributed by atoms with Gasteiger partial charge in [-0.15, -0.1) is 11.3 Å². The van der Waals surface area contributed by atoms with Gasteiger partial charge in [0.1, 0.15) is 0 Å². The molecule has 1 aromatic rings. The van der Waals surface area contributed by atoms with Crippen LogP contribution in [0.2, 0.25) is 4.34 Å². The van der Waals surface area contributed by atoms with Crippen molar-refractivity contribution in [3.8, 4) is 0 Å². The third kappa shape index (κ3) is 4.43. The molecule has 0 aliphatic heterocycles. The summed E-state index contributed by atoms with van der Waals surface area (Å²) in [4.78, 5) is 0.927. The number of hydrogen-bond acceptors (Lipinski definition) is 4. The van der Waals surface area contributed by atoms with Crippen molar-refractivity contribution in [3.63, 3.8) is 0 Å². The molecule has 1 heterocycles. The normalized spacial score (nSPS) is 19.3. The monoisotopic (exact) mass is 322 g/mol. The second-order valence-electron chi connectivity index (χ2n) is 5.02. The summed E-state index contributed by atoms with van der Waals surface area (Å²) in [7, 11) is -3.32. The van der Waals surface area contributed by atoms with Gasteiger partial charge >= 0.3 is 0 Å². The summed E-state index contributed by atoms with van der Waals surface area (Å²) in [6.45, 7) is 4.06. The molecular formula is C12H19ClN2O2S2. The fraction of sp³-hybridized carbons (Fsp3) is 0.667. The summed E-state index contributed by atoms with van der Waals surface area (Å²) in [5, 5.41) is 2.80. The summed E-state index contributed by atoms with van der Waals surface area (Å²) < 4.78 is 27.7. The zero-order valence-corrected chi connectivity index (χ0v) is 13.4. The molecule has 2 atom stereocenters. The molecule has 2 N–H and O–H groups in total. The molecule has 0 aromatic carbocycles. The average Bonchev–Trinajstić information content (AvgIpc) is 3.06. The Morgan fingerprint density at radius 3 is 2.63 bits per heavy atom. The molecule has 108 valence electrons. The van der Waals surface area contributed by atoms with Crippen molar-refractivity contribution in [1.82, 2.24) is 10.0 Å². The summed E-state index contributed by atoms with van der Waals surface area (Å²) in [6.07, 6.45) is 2.31. The van der Waals surface area contributed by atoms with Gasteiger partial charge in [0.25, 0.3) is 0 Å². The van der Waals surface area contributed by atoms with Crippen molar-refractivity contribution in [2.24, 2.45) is 0 Å². The van der Waals surface area contributed by atoms with Gasteiger partial charge < -0.3 is 5.32 Å². The first kappa shape index (κ1) is 15.3. The Kier molecular flexibility index (Phi) is 4.89. The zero-order chi connectivity index (χ0) is 14.0. The van der Waals surface area contributed by atoms with Crippen LogP contribution in [0, 0.1) is 0 Å². The Labute approximate surface area is 123 Å². The largest absolute Gasteiger partial charge is 0.313 e.